The summed E-state index contributed by atoms with van der Waals surface area (Å²) in [6, 6.07) is 3.27. The number of amides is 2. The molecule has 1 aromatic carbocycles. The van der Waals surface area contributed by atoms with E-state index in [2.05, 4.69) is 10.2 Å². The SMILES string of the molecule is CCOCCC(=O)N1CCC(CN2CCC(NC(=O)c3cc(Cl)c(N)cc3OC)CC2)CC1. The second-order valence-corrected chi connectivity index (χ2v) is 9.30. The summed E-state index contributed by atoms with van der Waals surface area (Å²) >= 11 is 6.10. The summed E-state index contributed by atoms with van der Waals surface area (Å²) in [6.45, 7) is 7.76. The minimum Gasteiger partial charge on any atom is -0.496 e. The largest absolute Gasteiger partial charge is 0.496 e. The fourth-order valence-corrected chi connectivity index (χ4v) is 4.79. The number of anilines is 1. The molecule has 0 saturated carbocycles. The van der Waals surface area contributed by atoms with Crippen LogP contribution in [-0.4, -0.2) is 80.7 Å². The van der Waals surface area contributed by atoms with Crippen molar-refractivity contribution in [2.75, 3.05) is 58.8 Å². The Labute approximate surface area is 201 Å². The lowest BCUT2D eigenvalue weighted by molar-refractivity contribution is -0.133. The van der Waals surface area contributed by atoms with E-state index in [4.69, 9.17) is 26.8 Å². The molecule has 0 aromatic heterocycles. The standard InChI is InChI=1S/C24H37ClN4O4/c1-3-33-13-8-23(30)29-11-4-17(5-12-29)16-28-9-6-18(7-10-28)27-24(31)19-14-20(25)21(26)15-22(19)32-2/h14-15,17-18H,3-13,16,26H2,1-2H3,(H,27,31). The van der Waals surface area contributed by atoms with Gasteiger partial charge in [-0.15, -0.1) is 0 Å². The molecule has 33 heavy (non-hydrogen) atoms. The summed E-state index contributed by atoms with van der Waals surface area (Å²) in [5.41, 5.74) is 6.61. The number of carbonyl (C=O) groups excluding carboxylic acids is 2. The monoisotopic (exact) mass is 480 g/mol. The smallest absolute Gasteiger partial charge is 0.255 e. The summed E-state index contributed by atoms with van der Waals surface area (Å²) in [5.74, 6) is 1.06. The van der Waals surface area contributed by atoms with E-state index in [1.165, 1.54) is 7.11 Å². The van der Waals surface area contributed by atoms with E-state index in [-0.39, 0.29) is 17.9 Å². The highest BCUT2D eigenvalue weighted by atomic mass is 35.5. The number of rotatable bonds is 9. The van der Waals surface area contributed by atoms with Crippen LogP contribution in [0.25, 0.3) is 0 Å². The molecular formula is C24H37ClN4O4. The number of nitrogens with zero attached hydrogens (tertiary/aromatic N) is 2. The first kappa shape index (κ1) is 25.6. The molecule has 2 amide bonds. The van der Waals surface area contributed by atoms with Gasteiger partial charge in [0.25, 0.3) is 5.91 Å². The van der Waals surface area contributed by atoms with Crippen molar-refractivity contribution in [3.63, 3.8) is 0 Å². The lowest BCUT2D eigenvalue weighted by Crippen LogP contribution is -2.47. The summed E-state index contributed by atoms with van der Waals surface area (Å²) in [4.78, 5) is 29.5. The van der Waals surface area contributed by atoms with E-state index in [0.29, 0.717) is 47.6 Å². The van der Waals surface area contributed by atoms with Crippen LogP contribution in [0.3, 0.4) is 0 Å². The number of hydrogen-bond acceptors (Lipinski definition) is 6. The number of nitrogens with two attached hydrogens (primary N) is 1. The third-order valence-corrected chi connectivity index (χ3v) is 6.96. The maximum Gasteiger partial charge on any atom is 0.255 e. The second kappa shape index (κ2) is 12.4. The van der Waals surface area contributed by atoms with E-state index in [0.717, 1.165) is 58.4 Å². The average Bonchev–Trinajstić information content (AvgIpc) is 2.82. The quantitative estimate of drug-likeness (QED) is 0.416. The van der Waals surface area contributed by atoms with E-state index in [1.54, 1.807) is 12.1 Å². The summed E-state index contributed by atoms with van der Waals surface area (Å²) < 4.78 is 10.6. The first-order valence-corrected chi connectivity index (χ1v) is 12.3. The number of carbonyl (C=O) groups is 2. The summed E-state index contributed by atoms with van der Waals surface area (Å²) in [7, 11) is 1.51. The molecule has 184 valence electrons. The van der Waals surface area contributed by atoms with Gasteiger partial charge in [-0.05, 0) is 44.6 Å². The topological polar surface area (TPSA) is 97.1 Å². The number of piperidine rings is 2. The Bertz CT molecular complexity index is 806. The molecule has 2 saturated heterocycles. The van der Waals surface area contributed by atoms with Crippen molar-refractivity contribution in [3.05, 3.63) is 22.7 Å². The van der Waals surface area contributed by atoms with Gasteiger partial charge < -0.3 is 30.3 Å². The molecule has 9 heteroatoms. The van der Waals surface area contributed by atoms with Crippen LogP contribution in [0.2, 0.25) is 5.02 Å². The third-order valence-electron chi connectivity index (χ3n) is 6.63. The van der Waals surface area contributed by atoms with Crippen molar-refractivity contribution in [1.29, 1.82) is 0 Å². The van der Waals surface area contributed by atoms with Crippen molar-refractivity contribution < 1.29 is 19.1 Å². The maximum atomic E-state index is 12.8. The number of nitrogens with one attached hydrogen (secondary N) is 1. The Morgan fingerprint density at radius 1 is 1.15 bits per heavy atom. The zero-order valence-electron chi connectivity index (χ0n) is 19.8. The van der Waals surface area contributed by atoms with Crippen LogP contribution >= 0.6 is 11.6 Å². The molecule has 2 fully saturated rings. The Morgan fingerprint density at radius 2 is 1.85 bits per heavy atom. The van der Waals surface area contributed by atoms with Crippen LogP contribution in [0.15, 0.2) is 12.1 Å². The molecule has 0 unspecified atom stereocenters. The van der Waals surface area contributed by atoms with Gasteiger partial charge in [-0.1, -0.05) is 11.6 Å². The fourth-order valence-electron chi connectivity index (χ4n) is 4.63. The van der Waals surface area contributed by atoms with Gasteiger partial charge in [0, 0.05) is 51.4 Å². The minimum absolute atomic E-state index is 0.125. The van der Waals surface area contributed by atoms with Gasteiger partial charge in [-0.2, -0.15) is 0 Å². The van der Waals surface area contributed by atoms with Crippen molar-refractivity contribution in [2.45, 2.75) is 45.1 Å². The number of benzene rings is 1. The molecule has 2 aliphatic heterocycles. The van der Waals surface area contributed by atoms with Crippen LogP contribution in [0.1, 0.15) is 49.4 Å². The molecule has 2 heterocycles. The molecule has 0 atom stereocenters. The van der Waals surface area contributed by atoms with Crippen LogP contribution < -0.4 is 15.8 Å². The first-order valence-electron chi connectivity index (χ1n) is 11.9. The number of methoxy groups -OCH3 is 1. The van der Waals surface area contributed by atoms with E-state index in [1.807, 2.05) is 11.8 Å². The Hall–Kier alpha value is -2.03. The molecule has 0 bridgehead atoms. The predicted octanol–water partition coefficient (Wildman–Crippen LogP) is 2.79. The molecule has 2 aliphatic rings. The van der Waals surface area contributed by atoms with Gasteiger partial charge >= 0.3 is 0 Å². The number of hydrogen-bond donors (Lipinski definition) is 2. The van der Waals surface area contributed by atoms with Crippen LogP contribution in [0.4, 0.5) is 5.69 Å². The van der Waals surface area contributed by atoms with Crippen molar-refractivity contribution in [2.24, 2.45) is 5.92 Å². The lowest BCUT2D eigenvalue weighted by Gasteiger charge is -2.38. The van der Waals surface area contributed by atoms with Crippen LogP contribution in [-0.2, 0) is 9.53 Å². The number of nitrogen functional groups attached to an aromatic ring is 1. The van der Waals surface area contributed by atoms with Gasteiger partial charge in [0.2, 0.25) is 5.91 Å². The molecule has 0 radical (unpaired) electrons. The Balaban J connectivity index is 1.39. The van der Waals surface area contributed by atoms with E-state index < -0.39 is 0 Å². The fraction of sp³-hybridized carbons (Fsp3) is 0.667. The number of likely N-dealkylation sites (tertiary alicyclic amines) is 2. The maximum absolute atomic E-state index is 12.8. The van der Waals surface area contributed by atoms with Crippen LogP contribution in [0.5, 0.6) is 5.75 Å². The Morgan fingerprint density at radius 3 is 2.48 bits per heavy atom. The molecule has 3 rings (SSSR count). The first-order chi connectivity index (χ1) is 15.9. The minimum atomic E-state index is -0.187. The van der Waals surface area contributed by atoms with E-state index in [9.17, 15) is 9.59 Å². The van der Waals surface area contributed by atoms with Crippen molar-refractivity contribution in [1.82, 2.24) is 15.1 Å². The Kier molecular flexibility index (Phi) is 9.64. The van der Waals surface area contributed by atoms with Crippen LogP contribution in [0, 0.1) is 5.92 Å². The lowest BCUT2D eigenvalue weighted by atomic mass is 9.94. The highest BCUT2D eigenvalue weighted by Crippen LogP contribution is 2.29. The molecule has 0 aliphatic carbocycles. The predicted molar refractivity (Wildman–Crippen MR) is 130 cm³/mol. The van der Waals surface area contributed by atoms with Crippen molar-refractivity contribution >= 4 is 29.1 Å². The third kappa shape index (κ3) is 7.22. The summed E-state index contributed by atoms with van der Waals surface area (Å²) in [5, 5.41) is 3.47. The van der Waals surface area contributed by atoms with E-state index >= 15 is 0 Å². The van der Waals surface area contributed by atoms with Crippen molar-refractivity contribution in [3.8, 4) is 5.75 Å². The zero-order valence-corrected chi connectivity index (χ0v) is 20.5. The molecule has 1 aromatic rings. The highest BCUT2D eigenvalue weighted by Gasteiger charge is 2.27. The molecule has 8 nitrogen and oxygen atoms in total. The molecule has 3 N–H and O–H groups in total. The average molecular weight is 481 g/mol. The zero-order chi connectivity index (χ0) is 23.8. The van der Waals surface area contributed by atoms with Gasteiger partial charge in [-0.3, -0.25) is 9.59 Å². The van der Waals surface area contributed by atoms with Gasteiger partial charge in [0.15, 0.2) is 0 Å². The molecule has 0 spiro atoms. The second-order valence-electron chi connectivity index (χ2n) is 8.89. The van der Waals surface area contributed by atoms with Gasteiger partial charge in [0.05, 0.1) is 36.4 Å². The highest BCUT2D eigenvalue weighted by molar-refractivity contribution is 6.33. The number of halogens is 1. The van der Waals surface area contributed by atoms with Gasteiger partial charge in [-0.25, -0.2) is 0 Å². The summed E-state index contributed by atoms with van der Waals surface area (Å²) in [6.07, 6.45) is 4.40. The van der Waals surface area contributed by atoms with Gasteiger partial charge in [0.1, 0.15) is 5.75 Å². The normalized spacial score (nSPS) is 18.3. The molecular weight excluding hydrogens is 444 g/mol. The number of ether oxygens (including phenoxy) is 2.